The number of aromatic nitrogens is 3. The lowest BCUT2D eigenvalue weighted by Gasteiger charge is -2.07. The molecule has 0 aliphatic heterocycles. The molecule has 0 saturated heterocycles. The number of nitrogens with zero attached hydrogens (tertiary/aromatic N) is 3. The number of imidazole rings is 1. The number of ether oxygens (including phenoxy) is 1. The maximum absolute atomic E-state index is 12.4. The minimum absolute atomic E-state index is 0.159. The summed E-state index contributed by atoms with van der Waals surface area (Å²) >= 11 is 1.14. The fourth-order valence-electron chi connectivity index (χ4n) is 2.77. The molecule has 7 nitrogen and oxygen atoms in total. The summed E-state index contributed by atoms with van der Waals surface area (Å²) in [7, 11) is -1.61. The first kappa shape index (κ1) is 19.5. The standard InChI is InChI=1S/C17H13F3N4O3S2/c1-24-13-6-4-10(29(2,25)26)8-12(13)21-15(24)23-16-22-11-5-3-9(7-14(11)28-16)27-17(18,19)20/h3-8H,1-2H3,(H,21,22,23). The third kappa shape index (κ3) is 3.98. The molecule has 2 aromatic heterocycles. The van der Waals surface area contributed by atoms with Gasteiger partial charge in [0.1, 0.15) is 5.75 Å². The number of rotatable bonds is 4. The lowest BCUT2D eigenvalue weighted by atomic mass is 10.3. The van der Waals surface area contributed by atoms with Gasteiger partial charge >= 0.3 is 6.36 Å². The third-order valence-corrected chi connectivity index (χ3v) is 6.14. The molecule has 29 heavy (non-hydrogen) atoms. The Hall–Kier alpha value is -2.86. The van der Waals surface area contributed by atoms with Crippen molar-refractivity contribution in [2.45, 2.75) is 11.3 Å². The Morgan fingerprint density at radius 2 is 1.86 bits per heavy atom. The summed E-state index contributed by atoms with van der Waals surface area (Å²) in [5.41, 5.74) is 1.70. The SMILES string of the molecule is Cn1c(Nc2nc3ccc(OC(F)(F)F)cc3s2)nc2cc(S(C)(=O)=O)ccc21. The summed E-state index contributed by atoms with van der Waals surface area (Å²) in [6.07, 6.45) is -3.65. The lowest BCUT2D eigenvalue weighted by Crippen LogP contribution is -2.16. The van der Waals surface area contributed by atoms with Gasteiger partial charge in [-0.3, -0.25) is 0 Å². The van der Waals surface area contributed by atoms with Crippen LogP contribution in [0.1, 0.15) is 0 Å². The Balaban J connectivity index is 1.67. The van der Waals surface area contributed by atoms with Crippen LogP contribution in [-0.2, 0) is 16.9 Å². The number of hydrogen-bond donors (Lipinski definition) is 1. The summed E-state index contributed by atoms with van der Waals surface area (Å²) < 4.78 is 66.8. The van der Waals surface area contributed by atoms with Gasteiger partial charge in [-0.2, -0.15) is 0 Å². The molecule has 0 radical (unpaired) electrons. The molecule has 0 atom stereocenters. The van der Waals surface area contributed by atoms with Gasteiger partial charge in [-0.1, -0.05) is 11.3 Å². The number of aryl methyl sites for hydroxylation is 1. The lowest BCUT2D eigenvalue weighted by molar-refractivity contribution is -0.274. The first-order valence-electron chi connectivity index (χ1n) is 8.09. The van der Waals surface area contributed by atoms with Gasteiger partial charge in [-0.15, -0.1) is 13.2 Å². The van der Waals surface area contributed by atoms with E-state index in [1.807, 2.05) is 0 Å². The molecule has 0 unspecified atom stereocenters. The van der Waals surface area contributed by atoms with Crippen LogP contribution in [0.15, 0.2) is 41.3 Å². The Bertz CT molecular complexity index is 1340. The summed E-state index contributed by atoms with van der Waals surface area (Å²) in [5.74, 6) is 0.0905. The Kier molecular flexibility index (Phi) is 4.42. The minimum Gasteiger partial charge on any atom is -0.406 e. The fraction of sp³-hybridized carbons (Fsp3) is 0.176. The van der Waals surface area contributed by atoms with E-state index < -0.39 is 16.2 Å². The summed E-state index contributed by atoms with van der Waals surface area (Å²) in [5, 5.41) is 3.45. The smallest absolute Gasteiger partial charge is 0.406 e. The van der Waals surface area contributed by atoms with Gasteiger partial charge in [0.05, 0.1) is 26.1 Å². The second-order valence-corrected chi connectivity index (χ2v) is 9.28. The molecular formula is C17H13F3N4O3S2. The maximum atomic E-state index is 12.4. The van der Waals surface area contributed by atoms with E-state index in [4.69, 9.17) is 0 Å². The molecule has 0 bridgehead atoms. The quantitative estimate of drug-likeness (QED) is 0.509. The van der Waals surface area contributed by atoms with Crippen molar-refractivity contribution in [3.05, 3.63) is 36.4 Å². The van der Waals surface area contributed by atoms with Crippen LogP contribution in [0, 0.1) is 0 Å². The molecule has 0 aliphatic carbocycles. The largest absolute Gasteiger partial charge is 0.573 e. The Labute approximate surface area is 166 Å². The molecule has 4 rings (SSSR count). The van der Waals surface area contributed by atoms with Crippen molar-refractivity contribution in [3.8, 4) is 5.75 Å². The zero-order valence-corrected chi connectivity index (χ0v) is 16.6. The zero-order chi connectivity index (χ0) is 21.0. The average Bonchev–Trinajstić information content (AvgIpc) is 3.13. The van der Waals surface area contributed by atoms with Crippen LogP contribution in [0.4, 0.5) is 24.3 Å². The van der Waals surface area contributed by atoms with Crippen molar-refractivity contribution in [2.75, 3.05) is 11.6 Å². The summed E-state index contributed by atoms with van der Waals surface area (Å²) in [4.78, 5) is 8.89. The predicted molar refractivity (Wildman–Crippen MR) is 103 cm³/mol. The number of thiazole rings is 1. The topological polar surface area (TPSA) is 86.1 Å². The highest BCUT2D eigenvalue weighted by molar-refractivity contribution is 7.90. The molecule has 0 saturated carbocycles. The van der Waals surface area contributed by atoms with Crippen LogP contribution in [0.5, 0.6) is 5.75 Å². The van der Waals surface area contributed by atoms with Crippen LogP contribution < -0.4 is 10.1 Å². The summed E-state index contributed by atoms with van der Waals surface area (Å²) in [6.45, 7) is 0. The summed E-state index contributed by atoms with van der Waals surface area (Å²) in [6, 6.07) is 8.53. The van der Waals surface area contributed by atoms with E-state index in [0.29, 0.717) is 32.3 Å². The monoisotopic (exact) mass is 442 g/mol. The van der Waals surface area contributed by atoms with Gasteiger partial charge in [0.15, 0.2) is 15.0 Å². The van der Waals surface area contributed by atoms with Crippen molar-refractivity contribution in [1.29, 1.82) is 0 Å². The van der Waals surface area contributed by atoms with Crippen LogP contribution in [0.25, 0.3) is 21.3 Å². The predicted octanol–water partition coefficient (Wildman–Crippen LogP) is 4.23. The molecule has 1 N–H and O–H groups in total. The Morgan fingerprint density at radius 3 is 2.55 bits per heavy atom. The van der Waals surface area contributed by atoms with Crippen LogP contribution >= 0.6 is 11.3 Å². The van der Waals surface area contributed by atoms with Gasteiger partial charge in [0.2, 0.25) is 5.95 Å². The minimum atomic E-state index is -4.77. The van der Waals surface area contributed by atoms with E-state index in [-0.39, 0.29) is 10.6 Å². The average molecular weight is 442 g/mol. The normalized spacial score (nSPS) is 12.6. The van der Waals surface area contributed by atoms with Crippen molar-refractivity contribution in [2.24, 2.45) is 7.05 Å². The highest BCUT2D eigenvalue weighted by Crippen LogP contribution is 2.33. The second-order valence-electron chi connectivity index (χ2n) is 6.24. The first-order chi connectivity index (χ1) is 13.5. The van der Waals surface area contributed by atoms with Crippen molar-refractivity contribution >= 4 is 53.5 Å². The molecule has 2 heterocycles. The number of fused-ring (bicyclic) bond motifs is 2. The maximum Gasteiger partial charge on any atom is 0.573 e. The van der Waals surface area contributed by atoms with Gasteiger partial charge in [0.25, 0.3) is 0 Å². The fourth-order valence-corrected chi connectivity index (χ4v) is 4.30. The van der Waals surface area contributed by atoms with Crippen molar-refractivity contribution < 1.29 is 26.3 Å². The van der Waals surface area contributed by atoms with E-state index in [9.17, 15) is 21.6 Å². The van der Waals surface area contributed by atoms with Gasteiger partial charge in [0, 0.05) is 19.4 Å². The van der Waals surface area contributed by atoms with Crippen LogP contribution in [0.2, 0.25) is 0 Å². The molecular weight excluding hydrogens is 429 g/mol. The van der Waals surface area contributed by atoms with E-state index in [1.54, 1.807) is 17.7 Å². The molecule has 12 heteroatoms. The molecule has 152 valence electrons. The molecule has 0 aliphatic rings. The van der Waals surface area contributed by atoms with Gasteiger partial charge in [-0.25, -0.2) is 18.4 Å². The number of nitrogens with one attached hydrogen (secondary N) is 1. The van der Waals surface area contributed by atoms with Gasteiger partial charge < -0.3 is 14.6 Å². The third-order valence-electron chi connectivity index (χ3n) is 4.09. The van der Waals surface area contributed by atoms with Crippen molar-refractivity contribution in [3.63, 3.8) is 0 Å². The molecule has 0 fully saturated rings. The van der Waals surface area contributed by atoms with Gasteiger partial charge in [-0.05, 0) is 30.3 Å². The number of alkyl halides is 3. The van der Waals surface area contributed by atoms with Crippen LogP contribution in [0.3, 0.4) is 0 Å². The number of anilines is 2. The number of benzene rings is 2. The molecule has 4 aromatic rings. The van der Waals surface area contributed by atoms with E-state index in [2.05, 4.69) is 20.0 Å². The van der Waals surface area contributed by atoms with E-state index >= 15 is 0 Å². The molecule has 0 amide bonds. The van der Waals surface area contributed by atoms with E-state index in [1.165, 1.54) is 30.3 Å². The highest BCUT2D eigenvalue weighted by Gasteiger charge is 2.31. The van der Waals surface area contributed by atoms with Crippen molar-refractivity contribution in [1.82, 2.24) is 14.5 Å². The first-order valence-corrected chi connectivity index (χ1v) is 10.8. The molecule has 0 spiro atoms. The highest BCUT2D eigenvalue weighted by atomic mass is 32.2. The number of halogens is 3. The zero-order valence-electron chi connectivity index (χ0n) is 15.0. The number of hydrogen-bond acceptors (Lipinski definition) is 7. The Morgan fingerprint density at radius 1 is 1.10 bits per heavy atom. The van der Waals surface area contributed by atoms with E-state index in [0.717, 1.165) is 17.6 Å². The number of sulfone groups is 1. The van der Waals surface area contributed by atoms with Crippen LogP contribution in [-0.4, -0.2) is 35.6 Å². The molecule has 2 aromatic carbocycles. The second kappa shape index (κ2) is 6.59.